The lowest BCUT2D eigenvalue weighted by Gasteiger charge is -2.26. The fraction of sp³-hybridized carbons (Fsp3) is 0.208. The number of hydrogen-bond acceptors (Lipinski definition) is 6. The molecular formula is C24H25N5O2. The summed E-state index contributed by atoms with van der Waals surface area (Å²) in [5.74, 6) is 1.99. The largest absolute Gasteiger partial charge is 0.439 e. The number of nitrogens with one attached hydrogen (secondary N) is 1. The van der Waals surface area contributed by atoms with Crippen LogP contribution in [0.3, 0.4) is 0 Å². The summed E-state index contributed by atoms with van der Waals surface area (Å²) in [6.45, 7) is 0.628. The van der Waals surface area contributed by atoms with E-state index in [0.29, 0.717) is 23.6 Å². The van der Waals surface area contributed by atoms with E-state index in [9.17, 15) is 4.79 Å². The summed E-state index contributed by atoms with van der Waals surface area (Å²) in [4.78, 5) is 18.7. The predicted molar refractivity (Wildman–Crippen MR) is 123 cm³/mol. The standard InChI is InChI=1S/C24H25N5O2/c1-28(2)21(17-11-13-18(14-12-17)31-22-10-6-7-15-25-22)16-26-23-19-8-4-5-9-20(19)24(30)29(3)27-23/h4-15,21H,16H2,1-3H3,(H,26,27). The molecule has 0 amide bonds. The van der Waals surface area contributed by atoms with E-state index < -0.39 is 0 Å². The molecule has 0 aliphatic heterocycles. The predicted octanol–water partition coefficient (Wildman–Crippen LogP) is 3.84. The Morgan fingerprint density at radius 1 is 1.00 bits per heavy atom. The molecule has 31 heavy (non-hydrogen) atoms. The van der Waals surface area contributed by atoms with E-state index in [4.69, 9.17) is 4.74 Å². The van der Waals surface area contributed by atoms with E-state index in [1.165, 1.54) is 4.68 Å². The normalized spacial score (nSPS) is 12.1. The number of pyridine rings is 1. The fourth-order valence-electron chi connectivity index (χ4n) is 3.51. The summed E-state index contributed by atoms with van der Waals surface area (Å²) in [6, 6.07) is 21.2. The third kappa shape index (κ3) is 4.57. The van der Waals surface area contributed by atoms with Crippen LogP contribution >= 0.6 is 0 Å². The second-order valence-electron chi connectivity index (χ2n) is 7.52. The smallest absolute Gasteiger partial charge is 0.274 e. The Morgan fingerprint density at radius 3 is 2.39 bits per heavy atom. The molecule has 0 fully saturated rings. The monoisotopic (exact) mass is 415 g/mol. The molecule has 2 heterocycles. The highest BCUT2D eigenvalue weighted by molar-refractivity contribution is 5.90. The maximum Gasteiger partial charge on any atom is 0.274 e. The molecule has 0 spiro atoms. The van der Waals surface area contributed by atoms with Crippen LogP contribution in [-0.4, -0.2) is 40.3 Å². The minimum Gasteiger partial charge on any atom is -0.439 e. The summed E-state index contributed by atoms with van der Waals surface area (Å²) >= 11 is 0. The van der Waals surface area contributed by atoms with Crippen LogP contribution in [0.25, 0.3) is 10.8 Å². The van der Waals surface area contributed by atoms with Crippen molar-refractivity contribution in [1.29, 1.82) is 0 Å². The van der Waals surface area contributed by atoms with Gasteiger partial charge in [-0.2, -0.15) is 5.10 Å². The maximum absolute atomic E-state index is 12.4. The molecule has 7 heteroatoms. The number of nitrogens with zero attached hydrogens (tertiary/aromatic N) is 4. The second-order valence-corrected chi connectivity index (χ2v) is 7.52. The van der Waals surface area contributed by atoms with Crippen molar-refractivity contribution >= 4 is 16.6 Å². The highest BCUT2D eigenvalue weighted by Crippen LogP contribution is 2.25. The lowest BCUT2D eigenvalue weighted by molar-refractivity contribution is 0.311. The molecule has 0 aliphatic rings. The lowest BCUT2D eigenvalue weighted by atomic mass is 10.1. The molecule has 7 nitrogen and oxygen atoms in total. The van der Waals surface area contributed by atoms with Gasteiger partial charge in [-0.15, -0.1) is 0 Å². The number of anilines is 1. The van der Waals surface area contributed by atoms with Gasteiger partial charge in [0.15, 0.2) is 5.82 Å². The number of hydrogen-bond donors (Lipinski definition) is 1. The van der Waals surface area contributed by atoms with Gasteiger partial charge in [-0.1, -0.05) is 36.4 Å². The van der Waals surface area contributed by atoms with Crippen molar-refractivity contribution in [3.63, 3.8) is 0 Å². The van der Waals surface area contributed by atoms with Crippen LogP contribution < -0.4 is 15.6 Å². The van der Waals surface area contributed by atoms with Crippen molar-refractivity contribution in [3.8, 4) is 11.6 Å². The lowest BCUT2D eigenvalue weighted by Crippen LogP contribution is -2.28. The Balaban J connectivity index is 1.53. The van der Waals surface area contributed by atoms with Gasteiger partial charge in [0.1, 0.15) is 5.75 Å². The first-order valence-corrected chi connectivity index (χ1v) is 10.1. The van der Waals surface area contributed by atoms with Gasteiger partial charge in [0.25, 0.3) is 5.56 Å². The first-order chi connectivity index (χ1) is 15.0. The first kappa shape index (κ1) is 20.6. The summed E-state index contributed by atoms with van der Waals surface area (Å²) in [7, 11) is 5.75. The van der Waals surface area contributed by atoms with Crippen LogP contribution in [-0.2, 0) is 7.05 Å². The Morgan fingerprint density at radius 2 is 1.71 bits per heavy atom. The number of aryl methyl sites for hydroxylation is 1. The number of ether oxygens (including phenoxy) is 1. The SMILES string of the molecule is CN(C)C(CNc1nn(C)c(=O)c2ccccc12)c1ccc(Oc2ccccn2)cc1. The molecule has 1 unspecified atom stereocenters. The molecule has 1 N–H and O–H groups in total. The molecule has 2 aromatic heterocycles. The zero-order valence-corrected chi connectivity index (χ0v) is 17.8. The van der Waals surface area contributed by atoms with Gasteiger partial charge in [-0.05, 0) is 43.9 Å². The van der Waals surface area contributed by atoms with E-state index >= 15 is 0 Å². The van der Waals surface area contributed by atoms with E-state index in [1.807, 2.05) is 68.7 Å². The maximum atomic E-state index is 12.4. The molecule has 1 atom stereocenters. The topological polar surface area (TPSA) is 72.3 Å². The number of likely N-dealkylation sites (N-methyl/N-ethyl adjacent to an activating group) is 1. The zero-order valence-electron chi connectivity index (χ0n) is 17.8. The molecule has 4 rings (SSSR count). The molecule has 0 bridgehead atoms. The molecule has 0 saturated carbocycles. The van der Waals surface area contributed by atoms with Crippen LogP contribution in [0.2, 0.25) is 0 Å². The summed E-state index contributed by atoms with van der Waals surface area (Å²) < 4.78 is 7.17. The van der Waals surface area contributed by atoms with Gasteiger partial charge in [0.05, 0.1) is 11.4 Å². The molecule has 0 radical (unpaired) electrons. The van der Waals surface area contributed by atoms with Crippen molar-refractivity contribution in [2.45, 2.75) is 6.04 Å². The molecule has 0 aliphatic carbocycles. The third-order valence-electron chi connectivity index (χ3n) is 5.17. The number of fused-ring (bicyclic) bond motifs is 1. The van der Waals surface area contributed by atoms with Crippen molar-refractivity contribution in [2.24, 2.45) is 7.05 Å². The minimum atomic E-state index is -0.103. The Bertz CT molecular complexity index is 1220. The van der Waals surface area contributed by atoms with Gasteiger partial charge >= 0.3 is 0 Å². The van der Waals surface area contributed by atoms with Crippen LogP contribution in [0.15, 0.2) is 77.7 Å². The number of benzene rings is 2. The quantitative estimate of drug-likeness (QED) is 0.495. The van der Waals surface area contributed by atoms with Crippen LogP contribution in [0.1, 0.15) is 11.6 Å². The van der Waals surface area contributed by atoms with E-state index in [1.54, 1.807) is 13.2 Å². The van der Waals surface area contributed by atoms with Gasteiger partial charge in [-0.25, -0.2) is 9.67 Å². The van der Waals surface area contributed by atoms with Crippen molar-refractivity contribution in [1.82, 2.24) is 19.7 Å². The third-order valence-corrected chi connectivity index (χ3v) is 5.17. The molecular weight excluding hydrogens is 390 g/mol. The number of aromatic nitrogens is 3. The Hall–Kier alpha value is -3.71. The number of rotatable bonds is 7. The van der Waals surface area contributed by atoms with E-state index in [0.717, 1.165) is 16.7 Å². The summed E-state index contributed by atoms with van der Waals surface area (Å²) in [6.07, 6.45) is 1.70. The summed E-state index contributed by atoms with van der Waals surface area (Å²) in [5.41, 5.74) is 1.04. The zero-order chi connectivity index (χ0) is 21.8. The molecule has 4 aromatic rings. The molecule has 0 saturated heterocycles. The minimum absolute atomic E-state index is 0.0988. The molecule has 2 aromatic carbocycles. The van der Waals surface area contributed by atoms with Gasteiger partial charge in [-0.3, -0.25) is 4.79 Å². The Kier molecular flexibility index (Phi) is 5.95. The average Bonchev–Trinajstić information content (AvgIpc) is 2.79. The average molecular weight is 415 g/mol. The highest BCUT2D eigenvalue weighted by Gasteiger charge is 2.16. The van der Waals surface area contributed by atoms with Gasteiger partial charge in [0, 0.05) is 31.2 Å². The molecule has 158 valence electrons. The van der Waals surface area contributed by atoms with Gasteiger partial charge in [0.2, 0.25) is 5.88 Å². The Labute approximate surface area is 180 Å². The summed E-state index contributed by atoms with van der Waals surface area (Å²) in [5, 5.41) is 9.34. The van der Waals surface area contributed by atoms with Gasteiger partial charge < -0.3 is 15.0 Å². The highest BCUT2D eigenvalue weighted by atomic mass is 16.5. The van der Waals surface area contributed by atoms with Crippen LogP contribution in [0.4, 0.5) is 5.82 Å². The van der Waals surface area contributed by atoms with Crippen molar-refractivity contribution < 1.29 is 4.74 Å². The fourth-order valence-corrected chi connectivity index (χ4v) is 3.51. The van der Waals surface area contributed by atoms with Crippen molar-refractivity contribution in [2.75, 3.05) is 26.0 Å². The van der Waals surface area contributed by atoms with E-state index in [-0.39, 0.29) is 11.6 Å². The van der Waals surface area contributed by atoms with E-state index in [2.05, 4.69) is 32.4 Å². The first-order valence-electron chi connectivity index (χ1n) is 10.1. The second kappa shape index (κ2) is 8.97. The van der Waals surface area contributed by atoms with Crippen LogP contribution in [0, 0.1) is 0 Å². The van der Waals surface area contributed by atoms with Crippen molar-refractivity contribution in [3.05, 3.63) is 88.8 Å². The van der Waals surface area contributed by atoms with Crippen LogP contribution in [0.5, 0.6) is 11.6 Å².